The molecule has 1 atom stereocenters. The van der Waals surface area contributed by atoms with Gasteiger partial charge in [0.1, 0.15) is 5.01 Å². The number of benzene rings is 1. The third-order valence-corrected chi connectivity index (χ3v) is 4.95. The average molecular weight is 307 g/mol. The molecule has 0 amide bonds. The second-order valence-corrected chi connectivity index (χ2v) is 6.67. The summed E-state index contributed by atoms with van der Waals surface area (Å²) >= 11 is 9.06. The van der Waals surface area contributed by atoms with Gasteiger partial charge in [0.05, 0.1) is 20.9 Å². The van der Waals surface area contributed by atoms with Gasteiger partial charge in [-0.1, -0.05) is 41.9 Å². The van der Waals surface area contributed by atoms with E-state index in [0.29, 0.717) is 0 Å². The molecular formula is C14H11ClN2S2. The highest BCUT2D eigenvalue weighted by Crippen LogP contribution is 2.33. The smallest absolute Gasteiger partial charge is 0.115 e. The molecular weight excluding hydrogens is 296 g/mol. The van der Waals surface area contributed by atoms with Crippen molar-refractivity contribution in [1.29, 1.82) is 0 Å². The number of halogens is 1. The summed E-state index contributed by atoms with van der Waals surface area (Å²) in [6, 6.07) is 13.7. The van der Waals surface area contributed by atoms with Gasteiger partial charge in [-0.2, -0.15) is 0 Å². The van der Waals surface area contributed by atoms with Crippen LogP contribution in [0.15, 0.2) is 47.8 Å². The Labute approximate surface area is 124 Å². The summed E-state index contributed by atoms with van der Waals surface area (Å²) in [6.45, 7) is 0. The Bertz CT molecular complexity index is 676. The lowest BCUT2D eigenvalue weighted by Gasteiger charge is -2.07. The van der Waals surface area contributed by atoms with E-state index in [2.05, 4.69) is 4.98 Å². The van der Waals surface area contributed by atoms with Crippen LogP contribution in [-0.4, -0.2) is 4.98 Å². The zero-order valence-corrected chi connectivity index (χ0v) is 12.3. The molecule has 2 aromatic heterocycles. The van der Waals surface area contributed by atoms with Crippen molar-refractivity contribution in [2.75, 3.05) is 0 Å². The molecule has 0 saturated carbocycles. The number of thiophene rings is 1. The highest BCUT2D eigenvalue weighted by atomic mass is 35.5. The first kappa shape index (κ1) is 12.8. The molecule has 0 aliphatic heterocycles. The lowest BCUT2D eigenvalue weighted by atomic mass is 10.1. The van der Waals surface area contributed by atoms with Gasteiger partial charge < -0.3 is 5.73 Å². The SMILES string of the molecule is NC(c1ccccc1)c1nc(-c2ccc(Cl)s2)cs1. The van der Waals surface area contributed by atoms with E-state index in [1.54, 1.807) is 11.3 Å². The molecule has 1 aromatic carbocycles. The number of rotatable bonds is 3. The molecule has 5 heteroatoms. The normalized spacial score (nSPS) is 12.5. The van der Waals surface area contributed by atoms with Gasteiger partial charge in [-0.15, -0.1) is 22.7 Å². The zero-order valence-electron chi connectivity index (χ0n) is 9.92. The van der Waals surface area contributed by atoms with Gasteiger partial charge in [0.15, 0.2) is 0 Å². The molecule has 0 aliphatic carbocycles. The number of hydrogen-bond donors (Lipinski definition) is 1. The Hall–Kier alpha value is -1.20. The summed E-state index contributed by atoms with van der Waals surface area (Å²) in [5.41, 5.74) is 8.26. The van der Waals surface area contributed by atoms with Crippen LogP contribution >= 0.6 is 34.3 Å². The molecule has 2 heterocycles. The maximum atomic E-state index is 6.24. The first-order valence-electron chi connectivity index (χ1n) is 5.75. The molecule has 1 unspecified atom stereocenters. The van der Waals surface area contributed by atoms with Crippen LogP contribution in [0.5, 0.6) is 0 Å². The number of hydrogen-bond acceptors (Lipinski definition) is 4. The highest BCUT2D eigenvalue weighted by Gasteiger charge is 2.14. The molecule has 2 N–H and O–H groups in total. The zero-order chi connectivity index (χ0) is 13.2. The predicted molar refractivity (Wildman–Crippen MR) is 82.9 cm³/mol. The monoisotopic (exact) mass is 306 g/mol. The van der Waals surface area contributed by atoms with E-state index in [4.69, 9.17) is 17.3 Å². The molecule has 96 valence electrons. The van der Waals surface area contributed by atoms with E-state index in [0.717, 1.165) is 25.5 Å². The first-order chi connectivity index (χ1) is 9.24. The minimum absolute atomic E-state index is 0.171. The van der Waals surface area contributed by atoms with Gasteiger partial charge in [-0.3, -0.25) is 0 Å². The van der Waals surface area contributed by atoms with Crippen molar-refractivity contribution in [3.05, 3.63) is 62.8 Å². The van der Waals surface area contributed by atoms with Crippen LogP contribution in [-0.2, 0) is 0 Å². The van der Waals surface area contributed by atoms with Crippen LogP contribution in [0.4, 0.5) is 0 Å². The van der Waals surface area contributed by atoms with Crippen LogP contribution in [0.3, 0.4) is 0 Å². The van der Waals surface area contributed by atoms with Crippen molar-refractivity contribution in [2.24, 2.45) is 5.73 Å². The Kier molecular flexibility index (Phi) is 3.66. The van der Waals surface area contributed by atoms with Gasteiger partial charge >= 0.3 is 0 Å². The quantitative estimate of drug-likeness (QED) is 0.769. The Morgan fingerprint density at radius 2 is 1.89 bits per heavy atom. The molecule has 19 heavy (non-hydrogen) atoms. The average Bonchev–Trinajstić information content (AvgIpc) is 3.07. The van der Waals surface area contributed by atoms with Crippen LogP contribution in [0, 0.1) is 0 Å². The number of nitrogens with two attached hydrogens (primary N) is 1. The fourth-order valence-corrected chi connectivity index (χ4v) is 3.72. The summed E-state index contributed by atoms with van der Waals surface area (Å²) in [5, 5.41) is 2.95. The van der Waals surface area contributed by atoms with Crippen molar-refractivity contribution in [3.8, 4) is 10.6 Å². The predicted octanol–water partition coefficient (Wildman–Crippen LogP) is 4.57. The van der Waals surface area contributed by atoms with Crippen LogP contribution in [0.1, 0.15) is 16.6 Å². The summed E-state index contributed by atoms with van der Waals surface area (Å²) in [5.74, 6) is 0. The van der Waals surface area contributed by atoms with Gasteiger partial charge in [0.25, 0.3) is 0 Å². The fraction of sp³-hybridized carbons (Fsp3) is 0.0714. The molecule has 0 fully saturated rings. The van der Waals surface area contributed by atoms with Gasteiger partial charge in [-0.25, -0.2) is 4.98 Å². The molecule has 2 nitrogen and oxygen atoms in total. The molecule has 3 aromatic rings. The van der Waals surface area contributed by atoms with Crippen molar-refractivity contribution in [3.63, 3.8) is 0 Å². The second kappa shape index (κ2) is 5.43. The third kappa shape index (κ3) is 2.72. The molecule has 0 spiro atoms. The van der Waals surface area contributed by atoms with Gasteiger partial charge in [0, 0.05) is 5.38 Å². The van der Waals surface area contributed by atoms with E-state index in [9.17, 15) is 0 Å². The largest absolute Gasteiger partial charge is 0.318 e. The number of nitrogens with zero attached hydrogens (tertiary/aromatic N) is 1. The summed E-state index contributed by atoms with van der Waals surface area (Å²) in [6.07, 6.45) is 0. The van der Waals surface area contributed by atoms with Crippen molar-refractivity contribution < 1.29 is 0 Å². The Morgan fingerprint density at radius 1 is 1.11 bits per heavy atom. The molecule has 3 rings (SSSR count). The van der Waals surface area contributed by atoms with Crippen molar-refractivity contribution >= 4 is 34.3 Å². The lowest BCUT2D eigenvalue weighted by molar-refractivity contribution is 0.859. The molecule has 0 radical (unpaired) electrons. The maximum absolute atomic E-state index is 6.24. The summed E-state index contributed by atoms with van der Waals surface area (Å²) in [7, 11) is 0. The van der Waals surface area contributed by atoms with Gasteiger partial charge in [0.2, 0.25) is 0 Å². The highest BCUT2D eigenvalue weighted by molar-refractivity contribution is 7.19. The van der Waals surface area contributed by atoms with E-state index >= 15 is 0 Å². The minimum Gasteiger partial charge on any atom is -0.318 e. The Balaban J connectivity index is 1.89. The molecule has 0 saturated heterocycles. The van der Waals surface area contributed by atoms with E-state index in [1.807, 2.05) is 47.8 Å². The van der Waals surface area contributed by atoms with Gasteiger partial charge in [-0.05, 0) is 17.7 Å². The number of aromatic nitrogens is 1. The molecule has 0 aliphatic rings. The van der Waals surface area contributed by atoms with E-state index in [-0.39, 0.29) is 6.04 Å². The Morgan fingerprint density at radius 3 is 2.58 bits per heavy atom. The van der Waals surface area contributed by atoms with Crippen molar-refractivity contribution in [2.45, 2.75) is 6.04 Å². The van der Waals surface area contributed by atoms with Crippen LogP contribution in [0.25, 0.3) is 10.6 Å². The van der Waals surface area contributed by atoms with Crippen LogP contribution < -0.4 is 5.73 Å². The van der Waals surface area contributed by atoms with E-state index in [1.165, 1.54) is 11.3 Å². The maximum Gasteiger partial charge on any atom is 0.115 e. The van der Waals surface area contributed by atoms with Crippen LogP contribution in [0.2, 0.25) is 4.34 Å². The third-order valence-electron chi connectivity index (χ3n) is 2.77. The van der Waals surface area contributed by atoms with E-state index < -0.39 is 0 Å². The fourth-order valence-electron chi connectivity index (χ4n) is 1.80. The standard InChI is InChI=1S/C14H11ClN2S2/c15-12-7-6-11(19-12)10-8-18-14(17-10)13(16)9-4-2-1-3-5-9/h1-8,13H,16H2. The topological polar surface area (TPSA) is 38.9 Å². The summed E-state index contributed by atoms with van der Waals surface area (Å²) in [4.78, 5) is 5.69. The lowest BCUT2D eigenvalue weighted by Crippen LogP contribution is -2.11. The van der Waals surface area contributed by atoms with Crippen molar-refractivity contribution in [1.82, 2.24) is 4.98 Å². The minimum atomic E-state index is -0.171. The number of thiazole rings is 1. The summed E-state index contributed by atoms with van der Waals surface area (Å²) < 4.78 is 0.775. The molecule has 0 bridgehead atoms. The second-order valence-electron chi connectivity index (χ2n) is 4.06. The first-order valence-corrected chi connectivity index (χ1v) is 7.83.